The zero-order chi connectivity index (χ0) is 17.6. The summed E-state index contributed by atoms with van der Waals surface area (Å²) in [5.41, 5.74) is 0.784. The molecule has 1 aliphatic carbocycles. The van der Waals surface area contributed by atoms with Crippen molar-refractivity contribution in [3.05, 3.63) is 29.8 Å². The summed E-state index contributed by atoms with van der Waals surface area (Å²) in [6, 6.07) is 8.10. The number of unbranched alkanes of at least 4 members (excludes halogenated alkanes) is 1. The van der Waals surface area contributed by atoms with Crippen LogP contribution in [0.3, 0.4) is 0 Å². The van der Waals surface area contributed by atoms with Crippen LogP contribution in [0.1, 0.15) is 64.9 Å². The van der Waals surface area contributed by atoms with Crippen LogP contribution in [-0.2, 0) is 15.3 Å². The van der Waals surface area contributed by atoms with Crippen LogP contribution >= 0.6 is 0 Å². The highest BCUT2D eigenvalue weighted by Gasteiger charge is 2.34. The highest BCUT2D eigenvalue weighted by molar-refractivity contribution is 7.91. The maximum atomic E-state index is 12.6. The molecule has 1 aliphatic rings. The van der Waals surface area contributed by atoms with E-state index in [1.54, 1.807) is 0 Å². The predicted molar refractivity (Wildman–Crippen MR) is 100 cm³/mol. The van der Waals surface area contributed by atoms with Crippen LogP contribution in [-0.4, -0.2) is 26.5 Å². The second kappa shape index (κ2) is 8.37. The van der Waals surface area contributed by atoms with E-state index in [0.29, 0.717) is 11.7 Å². The molecule has 0 saturated heterocycles. The van der Waals surface area contributed by atoms with Gasteiger partial charge in [-0.1, -0.05) is 39.3 Å². The first-order chi connectivity index (χ1) is 11.4. The second-order valence-electron chi connectivity index (χ2n) is 7.22. The smallest absolute Gasteiger partial charge is 0.151 e. The van der Waals surface area contributed by atoms with E-state index in [0.717, 1.165) is 43.6 Å². The van der Waals surface area contributed by atoms with E-state index in [4.69, 9.17) is 4.74 Å². The van der Waals surface area contributed by atoms with Crippen LogP contribution in [0.5, 0.6) is 5.75 Å². The molecule has 0 amide bonds. The van der Waals surface area contributed by atoms with Crippen molar-refractivity contribution in [2.45, 2.75) is 64.7 Å². The van der Waals surface area contributed by atoms with Gasteiger partial charge in [0.2, 0.25) is 0 Å². The van der Waals surface area contributed by atoms with E-state index < -0.39 is 9.84 Å². The maximum absolute atomic E-state index is 12.6. The van der Waals surface area contributed by atoms with Gasteiger partial charge in [0, 0.05) is 5.41 Å². The van der Waals surface area contributed by atoms with E-state index in [-0.39, 0.29) is 11.2 Å². The number of hydrogen-bond donors (Lipinski definition) is 0. The average Bonchev–Trinajstić information content (AvgIpc) is 3.41. The first-order valence-electron chi connectivity index (χ1n) is 9.38. The van der Waals surface area contributed by atoms with Crippen molar-refractivity contribution >= 4 is 9.84 Å². The van der Waals surface area contributed by atoms with E-state index >= 15 is 0 Å². The fourth-order valence-corrected chi connectivity index (χ4v) is 5.51. The van der Waals surface area contributed by atoms with Gasteiger partial charge >= 0.3 is 0 Å². The second-order valence-corrected chi connectivity index (χ2v) is 9.40. The van der Waals surface area contributed by atoms with Crippen molar-refractivity contribution in [3.8, 4) is 5.75 Å². The molecule has 1 fully saturated rings. The molecule has 0 N–H and O–H groups in total. The Morgan fingerprint density at radius 3 is 2.46 bits per heavy atom. The lowest BCUT2D eigenvalue weighted by Crippen LogP contribution is -2.34. The fraction of sp³-hybridized carbons (Fsp3) is 0.700. The summed E-state index contributed by atoms with van der Waals surface area (Å²) >= 11 is 0. The normalized spacial score (nSPS) is 15.5. The molecule has 24 heavy (non-hydrogen) atoms. The van der Waals surface area contributed by atoms with Gasteiger partial charge in [0.25, 0.3) is 0 Å². The third-order valence-corrected chi connectivity index (χ3v) is 7.19. The highest BCUT2D eigenvalue weighted by Crippen LogP contribution is 2.36. The molecular formula is C20H32O3S. The molecule has 4 heteroatoms. The summed E-state index contributed by atoms with van der Waals surface area (Å²) in [5, 5.41) is 0. The van der Waals surface area contributed by atoms with Gasteiger partial charge in [-0.15, -0.1) is 0 Å². The van der Waals surface area contributed by atoms with Crippen molar-refractivity contribution in [2.24, 2.45) is 5.92 Å². The molecular weight excluding hydrogens is 320 g/mol. The lowest BCUT2D eigenvalue weighted by molar-refractivity contribution is 0.298. The van der Waals surface area contributed by atoms with Crippen LogP contribution in [0.2, 0.25) is 0 Å². The Balaban J connectivity index is 2.19. The zero-order valence-corrected chi connectivity index (χ0v) is 16.2. The summed E-state index contributed by atoms with van der Waals surface area (Å²) in [7, 11) is -3.04. The van der Waals surface area contributed by atoms with E-state index in [9.17, 15) is 8.42 Å². The number of ether oxygens (including phenoxy) is 1. The monoisotopic (exact) mass is 352 g/mol. The van der Waals surface area contributed by atoms with Crippen LogP contribution in [0.15, 0.2) is 24.3 Å². The molecule has 136 valence electrons. The lowest BCUT2D eigenvalue weighted by Gasteiger charge is -2.32. The van der Waals surface area contributed by atoms with Gasteiger partial charge in [0.05, 0.1) is 18.1 Å². The van der Waals surface area contributed by atoms with Gasteiger partial charge in [-0.25, -0.2) is 8.42 Å². The summed E-state index contributed by atoms with van der Waals surface area (Å²) in [6.07, 6.45) is 5.83. The molecule has 0 aromatic heterocycles. The Labute approximate surface area is 147 Å². The van der Waals surface area contributed by atoms with Crippen LogP contribution in [0, 0.1) is 5.92 Å². The van der Waals surface area contributed by atoms with Crippen LogP contribution in [0.25, 0.3) is 0 Å². The number of sulfone groups is 1. The number of rotatable bonds is 11. The van der Waals surface area contributed by atoms with Gasteiger partial charge in [-0.2, -0.15) is 0 Å². The lowest BCUT2D eigenvalue weighted by atomic mass is 9.77. The van der Waals surface area contributed by atoms with E-state index in [1.807, 2.05) is 19.1 Å². The molecule has 3 nitrogen and oxygen atoms in total. The predicted octanol–water partition coefficient (Wildman–Crippen LogP) is 4.75. The first kappa shape index (κ1) is 19.3. The standard InChI is InChI=1S/C20H32O3S/c1-4-7-13-24(21,22)16-20(5-2,6-3)18-9-8-10-19(14-18)23-15-17-11-12-17/h8-10,14,17H,4-7,11-13,15-16H2,1-3H3. The number of hydrogen-bond acceptors (Lipinski definition) is 3. The average molecular weight is 353 g/mol. The molecule has 0 aliphatic heterocycles. The molecule has 0 atom stereocenters. The van der Waals surface area contributed by atoms with Gasteiger partial charge < -0.3 is 4.74 Å². The summed E-state index contributed by atoms with van der Waals surface area (Å²) < 4.78 is 31.0. The number of benzene rings is 1. The van der Waals surface area contributed by atoms with Gasteiger partial charge in [-0.3, -0.25) is 0 Å². The van der Waals surface area contributed by atoms with E-state index in [1.165, 1.54) is 12.8 Å². The summed E-state index contributed by atoms with van der Waals surface area (Å²) in [6.45, 7) is 7.00. The minimum absolute atomic E-state index is 0.235. The molecule has 1 saturated carbocycles. The summed E-state index contributed by atoms with van der Waals surface area (Å²) in [4.78, 5) is 0. The quantitative estimate of drug-likeness (QED) is 0.577. The Kier molecular flexibility index (Phi) is 6.73. The van der Waals surface area contributed by atoms with E-state index in [2.05, 4.69) is 26.0 Å². The van der Waals surface area contributed by atoms with Gasteiger partial charge in [0.1, 0.15) is 5.75 Å². The van der Waals surface area contributed by atoms with Gasteiger partial charge in [-0.05, 0) is 55.7 Å². The minimum Gasteiger partial charge on any atom is -0.493 e. The SMILES string of the molecule is CCCCS(=O)(=O)CC(CC)(CC)c1cccc(OCC2CC2)c1. The Morgan fingerprint density at radius 2 is 1.88 bits per heavy atom. The van der Waals surface area contributed by atoms with Crippen molar-refractivity contribution in [1.29, 1.82) is 0 Å². The van der Waals surface area contributed by atoms with Crippen LogP contribution in [0.4, 0.5) is 0 Å². The zero-order valence-electron chi connectivity index (χ0n) is 15.4. The highest BCUT2D eigenvalue weighted by atomic mass is 32.2. The molecule has 0 unspecified atom stereocenters. The molecule has 0 spiro atoms. The van der Waals surface area contributed by atoms with Crippen LogP contribution < -0.4 is 4.74 Å². The third-order valence-electron chi connectivity index (χ3n) is 5.29. The molecule has 1 aromatic rings. The van der Waals surface area contributed by atoms with Crippen molar-refractivity contribution < 1.29 is 13.2 Å². The van der Waals surface area contributed by atoms with Crippen molar-refractivity contribution in [3.63, 3.8) is 0 Å². The van der Waals surface area contributed by atoms with Crippen molar-refractivity contribution in [2.75, 3.05) is 18.1 Å². The molecule has 0 bridgehead atoms. The Hall–Kier alpha value is -1.03. The Bertz CT molecular complexity index is 614. The largest absolute Gasteiger partial charge is 0.493 e. The third kappa shape index (κ3) is 5.23. The maximum Gasteiger partial charge on any atom is 0.151 e. The first-order valence-corrected chi connectivity index (χ1v) is 11.2. The summed E-state index contributed by atoms with van der Waals surface area (Å²) in [5.74, 6) is 2.11. The molecule has 2 rings (SSSR count). The topological polar surface area (TPSA) is 43.4 Å². The van der Waals surface area contributed by atoms with Crippen molar-refractivity contribution in [1.82, 2.24) is 0 Å². The minimum atomic E-state index is -3.04. The van der Waals surface area contributed by atoms with Gasteiger partial charge in [0.15, 0.2) is 9.84 Å². The Morgan fingerprint density at radius 1 is 1.17 bits per heavy atom. The molecule has 1 aromatic carbocycles. The fourth-order valence-electron chi connectivity index (χ4n) is 3.22. The molecule has 0 radical (unpaired) electrons. The molecule has 0 heterocycles.